The van der Waals surface area contributed by atoms with Crippen molar-refractivity contribution in [3.05, 3.63) is 36.0 Å². The molecule has 3 aromatic heterocycles. The van der Waals surface area contributed by atoms with Gasteiger partial charge in [0.15, 0.2) is 11.6 Å². The fourth-order valence-corrected chi connectivity index (χ4v) is 4.57. The second kappa shape index (κ2) is 8.60. The fraction of sp³-hybridized carbons (Fsp3) is 0.409. The molecule has 2 atom stereocenters. The zero-order valence-electron chi connectivity index (χ0n) is 18.9. The van der Waals surface area contributed by atoms with E-state index in [0.717, 1.165) is 17.3 Å². The molecule has 1 saturated heterocycles. The second-order valence-corrected chi connectivity index (χ2v) is 8.86. The summed E-state index contributed by atoms with van der Waals surface area (Å²) in [6.07, 6.45) is -0.217. The van der Waals surface area contributed by atoms with Crippen LogP contribution in [0.25, 0.3) is 16.8 Å². The van der Waals surface area contributed by atoms with Gasteiger partial charge in [-0.2, -0.15) is 5.10 Å². The number of ether oxygens (including phenoxy) is 1. The molecule has 1 saturated carbocycles. The molecule has 1 aliphatic heterocycles. The largest absolute Gasteiger partial charge is 0.480 e. The highest BCUT2D eigenvalue weighted by molar-refractivity contribution is 5.98. The van der Waals surface area contributed by atoms with Crippen molar-refractivity contribution < 1.29 is 31.9 Å². The quantitative estimate of drug-likeness (QED) is 0.505. The van der Waals surface area contributed by atoms with Crippen LogP contribution in [0.1, 0.15) is 23.2 Å². The molecule has 190 valence electrons. The molecule has 3 N–H and O–H groups in total. The summed E-state index contributed by atoms with van der Waals surface area (Å²) in [6, 6.07) is 1.48. The number of carbonyl (C=O) groups is 2. The predicted molar refractivity (Wildman–Crippen MR) is 118 cm³/mol. The third-order valence-electron chi connectivity index (χ3n) is 6.44. The molecule has 4 heterocycles. The number of aromatic nitrogens is 4. The lowest BCUT2D eigenvalue weighted by molar-refractivity contribution is -0.159. The molecule has 2 fully saturated rings. The summed E-state index contributed by atoms with van der Waals surface area (Å²) in [4.78, 5) is 34.5. The summed E-state index contributed by atoms with van der Waals surface area (Å²) < 4.78 is 61.8. The van der Waals surface area contributed by atoms with Crippen LogP contribution in [0.5, 0.6) is 5.88 Å². The van der Waals surface area contributed by atoms with Crippen LogP contribution in [-0.4, -0.2) is 74.6 Å². The smallest absolute Gasteiger partial charge is 0.257 e. The average molecular weight is 507 g/mol. The molecule has 10 nitrogen and oxygen atoms in total. The van der Waals surface area contributed by atoms with Crippen LogP contribution < -0.4 is 15.8 Å². The number of amides is 2. The maximum atomic E-state index is 14.7. The van der Waals surface area contributed by atoms with Crippen LogP contribution >= 0.6 is 0 Å². The minimum absolute atomic E-state index is 0.0467. The summed E-state index contributed by atoms with van der Waals surface area (Å²) in [5, 5.41) is 6.52. The average Bonchev–Trinajstić information content (AvgIpc) is 3.36. The molecule has 0 radical (unpaired) electrons. The van der Waals surface area contributed by atoms with Gasteiger partial charge >= 0.3 is 0 Å². The zero-order valence-corrected chi connectivity index (χ0v) is 18.9. The number of nitrogen functional groups attached to an aromatic ring is 1. The first-order chi connectivity index (χ1) is 17.1. The number of nitrogens with zero attached hydrogens (tertiary/aromatic N) is 5. The van der Waals surface area contributed by atoms with E-state index in [1.54, 1.807) is 0 Å². The summed E-state index contributed by atoms with van der Waals surface area (Å²) in [5.41, 5.74) is 6.16. The summed E-state index contributed by atoms with van der Waals surface area (Å²) >= 11 is 0. The highest BCUT2D eigenvalue weighted by atomic mass is 19.3. The highest BCUT2D eigenvalue weighted by Gasteiger charge is 2.51. The van der Waals surface area contributed by atoms with Crippen LogP contribution in [0.15, 0.2) is 24.7 Å². The van der Waals surface area contributed by atoms with Gasteiger partial charge in [0.05, 0.1) is 25.4 Å². The lowest BCUT2D eigenvalue weighted by Crippen LogP contribution is -2.47. The number of halogens is 4. The van der Waals surface area contributed by atoms with E-state index >= 15 is 0 Å². The van der Waals surface area contributed by atoms with Crippen molar-refractivity contribution in [3.63, 3.8) is 0 Å². The fourth-order valence-electron chi connectivity index (χ4n) is 4.57. The van der Waals surface area contributed by atoms with Gasteiger partial charge in [-0.15, -0.1) is 0 Å². The van der Waals surface area contributed by atoms with Crippen molar-refractivity contribution >= 4 is 23.1 Å². The van der Waals surface area contributed by atoms with Gasteiger partial charge in [-0.1, -0.05) is 0 Å². The van der Waals surface area contributed by atoms with E-state index in [9.17, 15) is 27.2 Å². The Morgan fingerprint density at radius 3 is 2.67 bits per heavy atom. The van der Waals surface area contributed by atoms with E-state index in [2.05, 4.69) is 20.4 Å². The monoisotopic (exact) mass is 507 g/mol. The molecular formula is C22H21F4N7O3. The molecule has 0 unspecified atom stereocenters. The molecule has 36 heavy (non-hydrogen) atoms. The van der Waals surface area contributed by atoms with Crippen molar-refractivity contribution in [1.29, 1.82) is 0 Å². The van der Waals surface area contributed by atoms with E-state index in [4.69, 9.17) is 10.5 Å². The van der Waals surface area contributed by atoms with E-state index in [0.29, 0.717) is 5.56 Å². The van der Waals surface area contributed by atoms with Crippen LogP contribution in [0.3, 0.4) is 0 Å². The number of alkyl halides is 3. The first-order valence-corrected chi connectivity index (χ1v) is 11.0. The number of anilines is 1. The Morgan fingerprint density at radius 2 is 1.97 bits per heavy atom. The Hall–Kier alpha value is -3.97. The Balaban J connectivity index is 1.37. The number of methoxy groups -OCH3 is 1. The molecular weight excluding hydrogens is 486 g/mol. The van der Waals surface area contributed by atoms with E-state index in [1.807, 2.05) is 0 Å². The van der Waals surface area contributed by atoms with Gasteiger partial charge in [-0.3, -0.25) is 9.59 Å². The van der Waals surface area contributed by atoms with Gasteiger partial charge in [0.2, 0.25) is 17.7 Å². The molecule has 14 heteroatoms. The third-order valence-corrected chi connectivity index (χ3v) is 6.44. The highest BCUT2D eigenvalue weighted by Crippen LogP contribution is 2.43. The predicted octanol–water partition coefficient (Wildman–Crippen LogP) is 1.85. The van der Waals surface area contributed by atoms with Crippen molar-refractivity contribution in [2.75, 3.05) is 25.9 Å². The molecule has 5 rings (SSSR count). The summed E-state index contributed by atoms with van der Waals surface area (Å²) in [7, 11) is 1.29. The summed E-state index contributed by atoms with van der Waals surface area (Å²) in [6.45, 7) is -0.466. The number of rotatable bonds is 5. The van der Waals surface area contributed by atoms with Crippen LogP contribution in [-0.2, 0) is 4.79 Å². The molecule has 2 aliphatic rings. The molecule has 2 amide bonds. The normalized spacial score (nSPS) is 21.4. The van der Waals surface area contributed by atoms with Crippen LogP contribution in [0, 0.1) is 11.7 Å². The van der Waals surface area contributed by atoms with Crippen LogP contribution in [0.2, 0.25) is 0 Å². The lowest BCUT2D eigenvalue weighted by Gasteiger charge is -2.36. The van der Waals surface area contributed by atoms with Crippen LogP contribution in [0.4, 0.5) is 23.4 Å². The molecule has 0 aromatic carbocycles. The number of hydrogen-bond acceptors (Lipinski definition) is 7. The molecule has 1 aliphatic carbocycles. The van der Waals surface area contributed by atoms with Gasteiger partial charge in [-0.05, 0) is 6.07 Å². The third kappa shape index (κ3) is 4.05. The lowest BCUT2D eigenvalue weighted by atomic mass is 9.80. The first-order valence-electron chi connectivity index (χ1n) is 11.0. The van der Waals surface area contributed by atoms with Gasteiger partial charge in [0.1, 0.15) is 23.6 Å². The SMILES string of the molecule is COc1ncc(-c2cc(F)c3c(N)ncnn23)cc1C(=O)N[C@@H]1CN(C(=O)C2CC(F)(F)C2)C[C@@H]1F. The minimum atomic E-state index is -2.87. The maximum absolute atomic E-state index is 14.7. The number of fused-ring (bicyclic) bond motifs is 1. The number of hydrogen-bond donors (Lipinski definition) is 2. The molecule has 3 aromatic rings. The van der Waals surface area contributed by atoms with E-state index < -0.39 is 54.5 Å². The van der Waals surface area contributed by atoms with Gasteiger partial charge in [0, 0.05) is 43.1 Å². The van der Waals surface area contributed by atoms with Crippen molar-refractivity contribution in [1.82, 2.24) is 29.8 Å². The minimum Gasteiger partial charge on any atom is -0.480 e. The first kappa shape index (κ1) is 23.8. The van der Waals surface area contributed by atoms with Crippen molar-refractivity contribution in [2.24, 2.45) is 5.92 Å². The molecule has 0 spiro atoms. The number of carbonyl (C=O) groups excluding carboxylic acids is 2. The Bertz CT molecular complexity index is 1360. The Kier molecular flexibility index (Phi) is 5.68. The van der Waals surface area contributed by atoms with Crippen molar-refractivity contribution in [2.45, 2.75) is 31.0 Å². The number of likely N-dealkylation sites (tertiary alicyclic amines) is 1. The Labute approximate surface area is 201 Å². The van der Waals surface area contributed by atoms with Gasteiger partial charge in [0.25, 0.3) is 5.91 Å². The summed E-state index contributed by atoms with van der Waals surface area (Å²) in [5.74, 6) is -5.83. The van der Waals surface area contributed by atoms with Crippen molar-refractivity contribution in [3.8, 4) is 17.1 Å². The van der Waals surface area contributed by atoms with E-state index in [-0.39, 0.29) is 41.6 Å². The topological polar surface area (TPSA) is 128 Å². The standard InChI is InChI=1S/C22H21F4N7O3/c1-36-20-12(2-10(6-28-20)16-3-13(23)17-18(27)29-9-30-33(16)17)19(34)31-15-8-32(7-14(15)24)21(35)11-4-22(25,26)5-11/h2-3,6,9,11,14-15H,4-5,7-8H2,1H3,(H,31,34)(H2,27,29,30)/t14-,15+/m0/s1. The number of pyridine rings is 1. The van der Waals surface area contributed by atoms with Gasteiger partial charge in [-0.25, -0.2) is 32.0 Å². The Morgan fingerprint density at radius 1 is 1.22 bits per heavy atom. The number of nitrogens with one attached hydrogen (secondary N) is 1. The number of nitrogens with two attached hydrogens (primary N) is 1. The van der Waals surface area contributed by atoms with E-state index in [1.165, 1.54) is 23.9 Å². The zero-order chi connectivity index (χ0) is 25.8. The molecule has 0 bridgehead atoms. The maximum Gasteiger partial charge on any atom is 0.257 e. The second-order valence-electron chi connectivity index (χ2n) is 8.86. The van der Waals surface area contributed by atoms with Gasteiger partial charge < -0.3 is 20.7 Å².